The van der Waals surface area contributed by atoms with E-state index in [-0.39, 0.29) is 10.8 Å². The van der Waals surface area contributed by atoms with Crippen LogP contribution >= 0.6 is 27.3 Å². The Labute approximate surface area is 121 Å². The summed E-state index contributed by atoms with van der Waals surface area (Å²) in [5, 5.41) is 13.4. The topological polar surface area (TPSA) is 79.3 Å². The van der Waals surface area contributed by atoms with Gasteiger partial charge in [0.15, 0.2) is 0 Å². The highest BCUT2D eigenvalue weighted by Crippen LogP contribution is 2.28. The van der Waals surface area contributed by atoms with Gasteiger partial charge >= 0.3 is 5.97 Å². The number of aromatic carboxylic acids is 1. The van der Waals surface area contributed by atoms with E-state index in [2.05, 4.69) is 26.2 Å². The van der Waals surface area contributed by atoms with Gasteiger partial charge in [-0.3, -0.25) is 4.79 Å². The number of halogens is 1. The number of aromatic nitrogens is 1. The lowest BCUT2D eigenvalue weighted by Gasteiger charge is -2.06. The minimum absolute atomic E-state index is 0.124. The van der Waals surface area contributed by atoms with Crippen LogP contribution in [0.5, 0.6) is 0 Å². The summed E-state index contributed by atoms with van der Waals surface area (Å²) in [6, 6.07) is 3.12. The van der Waals surface area contributed by atoms with Crippen molar-refractivity contribution in [3.63, 3.8) is 0 Å². The molecule has 0 spiro atoms. The van der Waals surface area contributed by atoms with Crippen LogP contribution in [0, 0.1) is 6.92 Å². The molecule has 19 heavy (non-hydrogen) atoms. The number of carbonyl (C=O) groups excluding carboxylic acids is 1. The van der Waals surface area contributed by atoms with Gasteiger partial charge in [0.05, 0.1) is 5.69 Å². The van der Waals surface area contributed by atoms with E-state index in [1.165, 1.54) is 6.20 Å². The Kier molecular flexibility index (Phi) is 3.96. The van der Waals surface area contributed by atoms with Gasteiger partial charge in [-0.15, -0.1) is 11.3 Å². The molecule has 0 fully saturated rings. The number of carbonyl (C=O) groups is 2. The van der Waals surface area contributed by atoms with Crippen LogP contribution in [-0.4, -0.2) is 22.0 Å². The molecule has 2 rings (SSSR count). The van der Waals surface area contributed by atoms with Gasteiger partial charge in [-0.2, -0.15) is 0 Å². The third-order valence-corrected chi connectivity index (χ3v) is 3.92. The summed E-state index contributed by atoms with van der Waals surface area (Å²) in [5.74, 6) is -1.42. The Morgan fingerprint density at radius 2 is 2.21 bits per heavy atom. The first-order valence-corrected chi connectivity index (χ1v) is 6.90. The average Bonchev–Trinajstić information content (AvgIpc) is 2.71. The summed E-state index contributed by atoms with van der Waals surface area (Å²) >= 11 is 4.27. The minimum Gasteiger partial charge on any atom is -0.477 e. The molecule has 0 unspecified atom stereocenters. The van der Waals surface area contributed by atoms with Gasteiger partial charge < -0.3 is 10.4 Å². The van der Waals surface area contributed by atoms with Gasteiger partial charge in [-0.05, 0) is 45.9 Å². The van der Waals surface area contributed by atoms with Crippen molar-refractivity contribution in [1.29, 1.82) is 0 Å². The quantitative estimate of drug-likeness (QED) is 0.841. The number of hydrogen-bond acceptors (Lipinski definition) is 4. The van der Waals surface area contributed by atoms with Crippen molar-refractivity contribution in [2.45, 2.75) is 6.92 Å². The van der Waals surface area contributed by atoms with E-state index in [1.54, 1.807) is 24.4 Å². The van der Waals surface area contributed by atoms with Gasteiger partial charge in [0.1, 0.15) is 9.48 Å². The fraction of sp³-hybridized carbons (Fsp3) is 0.0833. The number of pyridine rings is 1. The van der Waals surface area contributed by atoms with E-state index in [1.807, 2.05) is 0 Å². The molecule has 0 aliphatic carbocycles. The zero-order valence-corrected chi connectivity index (χ0v) is 12.2. The molecule has 1 amide bonds. The highest BCUT2D eigenvalue weighted by Gasteiger charge is 2.18. The number of thiophene rings is 1. The monoisotopic (exact) mass is 340 g/mol. The zero-order chi connectivity index (χ0) is 14.0. The number of hydrogen-bond donors (Lipinski definition) is 2. The summed E-state index contributed by atoms with van der Waals surface area (Å²) < 4.78 is 0.542. The number of carboxylic acids is 1. The van der Waals surface area contributed by atoms with Crippen LogP contribution in [-0.2, 0) is 0 Å². The van der Waals surface area contributed by atoms with E-state index in [0.29, 0.717) is 15.9 Å². The van der Waals surface area contributed by atoms with Gasteiger partial charge in [-0.1, -0.05) is 0 Å². The van der Waals surface area contributed by atoms with Gasteiger partial charge in [0.25, 0.3) is 5.91 Å². The van der Waals surface area contributed by atoms with E-state index < -0.39 is 5.97 Å². The van der Waals surface area contributed by atoms with Crippen LogP contribution < -0.4 is 5.32 Å². The van der Waals surface area contributed by atoms with Crippen molar-refractivity contribution in [3.8, 4) is 0 Å². The first-order chi connectivity index (χ1) is 8.99. The molecule has 0 aromatic carbocycles. The highest BCUT2D eigenvalue weighted by molar-refractivity contribution is 9.10. The number of rotatable bonds is 3. The van der Waals surface area contributed by atoms with E-state index in [4.69, 9.17) is 5.11 Å². The van der Waals surface area contributed by atoms with Gasteiger partial charge in [-0.25, -0.2) is 9.78 Å². The molecule has 0 bridgehead atoms. The Morgan fingerprint density at radius 3 is 2.84 bits per heavy atom. The number of carboxylic acid groups (broad SMARTS) is 1. The molecular weight excluding hydrogens is 332 g/mol. The van der Waals surface area contributed by atoms with Crippen LogP contribution in [0.15, 0.2) is 28.3 Å². The number of anilines is 1. The van der Waals surface area contributed by atoms with Crippen LogP contribution in [0.1, 0.15) is 25.6 Å². The zero-order valence-electron chi connectivity index (χ0n) is 9.81. The SMILES string of the molecule is Cc1csc(C(=O)O)c1NC(=O)c1ccnc(Br)c1. The van der Waals surface area contributed by atoms with Gasteiger partial charge in [0.2, 0.25) is 0 Å². The molecule has 0 saturated carbocycles. The van der Waals surface area contributed by atoms with Crippen LogP contribution in [0.2, 0.25) is 0 Å². The largest absolute Gasteiger partial charge is 0.477 e. The number of aryl methyl sites for hydroxylation is 1. The summed E-state index contributed by atoms with van der Waals surface area (Å²) in [5.41, 5.74) is 1.48. The lowest BCUT2D eigenvalue weighted by Crippen LogP contribution is -2.14. The van der Waals surface area contributed by atoms with E-state index >= 15 is 0 Å². The first kappa shape index (κ1) is 13.7. The maximum absolute atomic E-state index is 12.0. The van der Waals surface area contributed by atoms with Crippen molar-refractivity contribution in [2.75, 3.05) is 5.32 Å². The molecule has 7 heteroatoms. The summed E-state index contributed by atoms with van der Waals surface area (Å²) in [4.78, 5) is 27.1. The maximum Gasteiger partial charge on any atom is 0.348 e. The molecule has 5 nitrogen and oxygen atoms in total. The van der Waals surface area contributed by atoms with Crippen molar-refractivity contribution < 1.29 is 14.7 Å². The molecule has 2 aromatic rings. The standard InChI is InChI=1S/C12H9BrN2O3S/c1-6-5-19-10(12(17)18)9(6)15-11(16)7-2-3-14-8(13)4-7/h2-5H,1H3,(H,15,16)(H,17,18). The predicted octanol–water partition coefficient (Wildman–Crippen LogP) is 3.16. The second-order valence-electron chi connectivity index (χ2n) is 3.75. The van der Waals surface area contributed by atoms with Crippen LogP contribution in [0.3, 0.4) is 0 Å². The lowest BCUT2D eigenvalue weighted by atomic mass is 10.2. The average molecular weight is 341 g/mol. The molecule has 0 radical (unpaired) electrons. The van der Waals surface area contributed by atoms with Crippen LogP contribution in [0.25, 0.3) is 0 Å². The predicted molar refractivity (Wildman–Crippen MR) is 75.9 cm³/mol. The maximum atomic E-state index is 12.0. The fourth-order valence-corrected chi connectivity index (χ4v) is 2.69. The van der Waals surface area contributed by atoms with Crippen molar-refractivity contribution in [2.24, 2.45) is 0 Å². The van der Waals surface area contributed by atoms with Crippen molar-refractivity contribution in [3.05, 3.63) is 44.3 Å². The van der Waals surface area contributed by atoms with Crippen molar-refractivity contribution >= 4 is 44.8 Å². The third-order valence-electron chi connectivity index (χ3n) is 2.40. The molecule has 2 N–H and O–H groups in total. The number of nitrogens with one attached hydrogen (secondary N) is 1. The molecule has 0 aliphatic rings. The normalized spacial score (nSPS) is 10.2. The third kappa shape index (κ3) is 2.99. The second-order valence-corrected chi connectivity index (χ2v) is 5.44. The van der Waals surface area contributed by atoms with Crippen molar-refractivity contribution in [1.82, 2.24) is 4.98 Å². The highest BCUT2D eigenvalue weighted by atomic mass is 79.9. The number of nitrogens with zero attached hydrogens (tertiary/aromatic N) is 1. The van der Waals surface area contributed by atoms with Gasteiger partial charge in [0, 0.05) is 11.8 Å². The molecule has 0 aliphatic heterocycles. The Morgan fingerprint density at radius 1 is 1.47 bits per heavy atom. The Balaban J connectivity index is 2.29. The number of amides is 1. The molecule has 2 aromatic heterocycles. The van der Waals surface area contributed by atoms with Crippen LogP contribution in [0.4, 0.5) is 5.69 Å². The molecule has 2 heterocycles. The van der Waals surface area contributed by atoms with E-state index in [0.717, 1.165) is 16.9 Å². The molecular formula is C12H9BrN2O3S. The second kappa shape index (κ2) is 5.50. The van der Waals surface area contributed by atoms with E-state index in [9.17, 15) is 9.59 Å². The summed E-state index contributed by atoms with van der Waals surface area (Å²) in [6.45, 7) is 1.75. The lowest BCUT2D eigenvalue weighted by molar-refractivity contribution is 0.0703. The first-order valence-electron chi connectivity index (χ1n) is 5.23. The molecule has 98 valence electrons. The Bertz CT molecular complexity index is 654. The minimum atomic E-state index is -1.05. The smallest absolute Gasteiger partial charge is 0.348 e. The summed E-state index contributed by atoms with van der Waals surface area (Å²) in [7, 11) is 0. The molecule has 0 atom stereocenters. The fourth-order valence-electron chi connectivity index (χ4n) is 1.49. The molecule has 0 saturated heterocycles. The summed E-state index contributed by atoms with van der Waals surface area (Å²) in [6.07, 6.45) is 1.50. The Hall–Kier alpha value is -1.73.